The second kappa shape index (κ2) is 6.36. The first-order chi connectivity index (χ1) is 7.98. The van der Waals surface area contributed by atoms with Crippen molar-refractivity contribution in [2.45, 2.75) is 57.5 Å². The van der Waals surface area contributed by atoms with Crippen LogP contribution in [0.1, 0.15) is 46.0 Å². The molecular weight excluding hydrogens is 216 g/mol. The first-order valence-electron chi connectivity index (χ1n) is 6.67. The van der Waals surface area contributed by atoms with Crippen molar-refractivity contribution in [3.8, 4) is 0 Å². The molecule has 1 aliphatic carbocycles. The van der Waals surface area contributed by atoms with Gasteiger partial charge in [-0.1, -0.05) is 6.92 Å². The zero-order valence-electron chi connectivity index (χ0n) is 11.3. The van der Waals surface area contributed by atoms with Crippen molar-refractivity contribution in [2.24, 2.45) is 0 Å². The average Bonchev–Trinajstić information content (AvgIpc) is 3.07. The number of aliphatic carboxylic acids is 1. The molecule has 0 aromatic heterocycles. The molecule has 1 rings (SSSR count). The molecule has 1 fully saturated rings. The van der Waals surface area contributed by atoms with Gasteiger partial charge in [0.15, 0.2) is 0 Å². The average molecular weight is 242 g/mol. The number of rotatable bonds is 9. The topological polar surface area (TPSA) is 52.6 Å². The zero-order valence-corrected chi connectivity index (χ0v) is 11.3. The second-order valence-corrected chi connectivity index (χ2v) is 5.41. The number of nitrogens with one attached hydrogen (secondary N) is 1. The molecule has 100 valence electrons. The van der Waals surface area contributed by atoms with Gasteiger partial charge in [-0.2, -0.15) is 0 Å². The van der Waals surface area contributed by atoms with Crippen LogP contribution in [0.15, 0.2) is 0 Å². The van der Waals surface area contributed by atoms with E-state index in [9.17, 15) is 9.90 Å². The Morgan fingerprint density at radius 3 is 2.59 bits per heavy atom. The monoisotopic (exact) mass is 242 g/mol. The Kier molecular flexibility index (Phi) is 5.40. The first-order valence-corrected chi connectivity index (χ1v) is 6.67. The number of carboxylic acid groups (broad SMARTS) is 1. The highest BCUT2D eigenvalue weighted by molar-refractivity contribution is 5.78. The van der Waals surface area contributed by atoms with Gasteiger partial charge in [-0.3, -0.25) is 10.1 Å². The molecule has 0 saturated heterocycles. The summed E-state index contributed by atoms with van der Waals surface area (Å²) in [7, 11) is 2.10. The van der Waals surface area contributed by atoms with Crippen LogP contribution in [0.3, 0.4) is 0 Å². The predicted molar refractivity (Wildman–Crippen MR) is 69.2 cm³/mol. The highest BCUT2D eigenvalue weighted by Gasteiger charge is 2.37. The van der Waals surface area contributed by atoms with Crippen molar-refractivity contribution in [1.82, 2.24) is 10.2 Å². The molecule has 0 radical (unpaired) electrons. The zero-order chi connectivity index (χ0) is 12.9. The number of unbranched alkanes of at least 4 members (excludes halogenated alkanes) is 1. The van der Waals surface area contributed by atoms with Crippen LogP contribution in [0, 0.1) is 0 Å². The smallest absolute Gasteiger partial charge is 0.323 e. The van der Waals surface area contributed by atoms with Gasteiger partial charge < -0.3 is 10.0 Å². The second-order valence-electron chi connectivity index (χ2n) is 5.41. The van der Waals surface area contributed by atoms with Crippen molar-refractivity contribution < 1.29 is 9.90 Å². The fourth-order valence-electron chi connectivity index (χ4n) is 1.94. The summed E-state index contributed by atoms with van der Waals surface area (Å²) in [5, 5.41) is 12.5. The van der Waals surface area contributed by atoms with Crippen molar-refractivity contribution >= 4 is 5.97 Å². The maximum absolute atomic E-state index is 11.3. The molecule has 0 heterocycles. The van der Waals surface area contributed by atoms with E-state index in [1.165, 1.54) is 0 Å². The number of carbonyl (C=O) groups is 1. The third kappa shape index (κ3) is 5.04. The Labute approximate surface area is 104 Å². The molecule has 0 bridgehead atoms. The summed E-state index contributed by atoms with van der Waals surface area (Å²) >= 11 is 0. The van der Waals surface area contributed by atoms with E-state index in [-0.39, 0.29) is 0 Å². The van der Waals surface area contributed by atoms with Crippen LogP contribution in [0.25, 0.3) is 0 Å². The minimum atomic E-state index is -0.730. The van der Waals surface area contributed by atoms with E-state index >= 15 is 0 Å². The quantitative estimate of drug-likeness (QED) is 0.604. The normalized spacial score (nSPS) is 19.3. The van der Waals surface area contributed by atoms with Crippen LogP contribution >= 0.6 is 0 Å². The number of hydrogen-bond donors (Lipinski definition) is 2. The van der Waals surface area contributed by atoms with Gasteiger partial charge in [0, 0.05) is 6.04 Å². The lowest BCUT2D eigenvalue weighted by Gasteiger charge is -2.26. The van der Waals surface area contributed by atoms with Crippen molar-refractivity contribution in [2.75, 3.05) is 20.1 Å². The summed E-state index contributed by atoms with van der Waals surface area (Å²) in [6.07, 6.45) is 5.01. The first kappa shape index (κ1) is 14.5. The van der Waals surface area contributed by atoms with Gasteiger partial charge in [-0.05, 0) is 59.2 Å². The number of carboxylic acids is 1. The van der Waals surface area contributed by atoms with Crippen LogP contribution in [0.2, 0.25) is 0 Å². The predicted octanol–water partition coefficient (Wildman–Crippen LogP) is 1.70. The molecule has 0 aromatic carbocycles. The molecule has 0 aromatic rings. The van der Waals surface area contributed by atoms with Crippen LogP contribution in [0.5, 0.6) is 0 Å². The van der Waals surface area contributed by atoms with Gasteiger partial charge >= 0.3 is 5.97 Å². The third-order valence-corrected chi connectivity index (χ3v) is 3.58. The fourth-order valence-corrected chi connectivity index (χ4v) is 1.94. The molecule has 1 saturated carbocycles. The molecule has 17 heavy (non-hydrogen) atoms. The minimum absolute atomic E-state index is 0.439. The van der Waals surface area contributed by atoms with Crippen LogP contribution < -0.4 is 5.32 Å². The SMILES string of the molecule is CCN(C)CCCCC(C)(NC1CC1)C(=O)O. The lowest BCUT2D eigenvalue weighted by Crippen LogP contribution is -2.50. The molecule has 0 spiro atoms. The highest BCUT2D eigenvalue weighted by atomic mass is 16.4. The van der Waals surface area contributed by atoms with Gasteiger partial charge in [0.1, 0.15) is 5.54 Å². The summed E-state index contributed by atoms with van der Waals surface area (Å²) < 4.78 is 0. The van der Waals surface area contributed by atoms with Crippen LogP contribution in [-0.2, 0) is 4.79 Å². The molecule has 2 N–H and O–H groups in total. The summed E-state index contributed by atoms with van der Waals surface area (Å²) in [6.45, 7) is 6.05. The van der Waals surface area contributed by atoms with Crippen molar-refractivity contribution in [3.63, 3.8) is 0 Å². The van der Waals surface area contributed by atoms with Gasteiger partial charge in [-0.15, -0.1) is 0 Å². The lowest BCUT2D eigenvalue weighted by atomic mass is 9.94. The summed E-state index contributed by atoms with van der Waals surface area (Å²) in [5.74, 6) is -0.715. The Hall–Kier alpha value is -0.610. The van der Waals surface area contributed by atoms with Crippen molar-refractivity contribution in [3.05, 3.63) is 0 Å². The standard InChI is InChI=1S/C13H26N2O2/c1-4-15(3)10-6-5-9-13(2,12(16)17)14-11-7-8-11/h11,14H,4-10H2,1-3H3,(H,16,17). The van der Waals surface area contributed by atoms with Gasteiger partial charge in [0.05, 0.1) is 0 Å². The van der Waals surface area contributed by atoms with Gasteiger partial charge in [0.2, 0.25) is 0 Å². The molecular formula is C13H26N2O2. The van der Waals surface area contributed by atoms with E-state index in [4.69, 9.17) is 0 Å². The fraction of sp³-hybridized carbons (Fsp3) is 0.923. The molecule has 0 amide bonds. The van der Waals surface area contributed by atoms with E-state index in [0.717, 1.165) is 45.2 Å². The Morgan fingerprint density at radius 2 is 2.12 bits per heavy atom. The van der Waals surface area contributed by atoms with E-state index in [0.29, 0.717) is 6.04 Å². The minimum Gasteiger partial charge on any atom is -0.480 e. The maximum atomic E-state index is 11.3. The molecule has 4 nitrogen and oxygen atoms in total. The molecule has 0 aliphatic heterocycles. The molecule has 1 unspecified atom stereocenters. The van der Waals surface area contributed by atoms with E-state index < -0.39 is 11.5 Å². The lowest BCUT2D eigenvalue weighted by molar-refractivity contribution is -0.144. The van der Waals surface area contributed by atoms with E-state index in [1.807, 2.05) is 6.92 Å². The maximum Gasteiger partial charge on any atom is 0.323 e. The van der Waals surface area contributed by atoms with E-state index in [1.54, 1.807) is 0 Å². The van der Waals surface area contributed by atoms with Gasteiger partial charge in [-0.25, -0.2) is 0 Å². The summed E-state index contributed by atoms with van der Waals surface area (Å²) in [6, 6.07) is 0.439. The number of hydrogen-bond acceptors (Lipinski definition) is 3. The summed E-state index contributed by atoms with van der Waals surface area (Å²) in [5.41, 5.74) is -0.730. The van der Waals surface area contributed by atoms with Crippen LogP contribution in [0.4, 0.5) is 0 Å². The van der Waals surface area contributed by atoms with E-state index in [2.05, 4.69) is 24.2 Å². The van der Waals surface area contributed by atoms with Crippen molar-refractivity contribution in [1.29, 1.82) is 0 Å². The molecule has 1 aliphatic rings. The highest BCUT2D eigenvalue weighted by Crippen LogP contribution is 2.25. The Bertz CT molecular complexity index is 254. The van der Waals surface area contributed by atoms with Gasteiger partial charge in [0.25, 0.3) is 0 Å². The molecule has 1 atom stereocenters. The largest absolute Gasteiger partial charge is 0.480 e. The summed E-state index contributed by atoms with van der Waals surface area (Å²) in [4.78, 5) is 13.6. The number of nitrogens with zero attached hydrogens (tertiary/aromatic N) is 1. The molecule has 4 heteroatoms. The third-order valence-electron chi connectivity index (χ3n) is 3.58. The Balaban J connectivity index is 2.26. The Morgan fingerprint density at radius 1 is 1.47 bits per heavy atom. The van der Waals surface area contributed by atoms with Crippen LogP contribution in [-0.4, -0.2) is 47.7 Å².